The Balaban J connectivity index is 2.81. The molecule has 0 spiro atoms. The minimum atomic E-state index is -1.13. The minimum absolute atomic E-state index is 0.211. The van der Waals surface area contributed by atoms with Crippen LogP contribution in [-0.2, 0) is 14.3 Å². The first-order valence-corrected chi connectivity index (χ1v) is 3.83. The maximum absolute atomic E-state index is 11.1. The van der Waals surface area contributed by atoms with Gasteiger partial charge in [-0.05, 0) is 12.1 Å². The number of esters is 1. The van der Waals surface area contributed by atoms with E-state index < -0.39 is 11.9 Å². The summed E-state index contributed by atoms with van der Waals surface area (Å²) >= 11 is 0. The van der Waals surface area contributed by atoms with Crippen LogP contribution in [-0.4, -0.2) is 24.2 Å². The molecule has 1 rings (SSSR count). The van der Waals surface area contributed by atoms with E-state index in [-0.39, 0.29) is 10.8 Å². The van der Waals surface area contributed by atoms with E-state index in [4.69, 9.17) is 0 Å². The third kappa shape index (κ3) is 2.08. The summed E-state index contributed by atoms with van der Waals surface area (Å²) in [5.41, 5.74) is 0.211. The Morgan fingerprint density at radius 1 is 1.29 bits per heavy atom. The molecule has 0 fully saturated rings. The number of amides is 1. The first kappa shape index (κ1) is 10.2. The number of carbonyl (C=O) groups is 2. The number of benzene rings is 1. The van der Waals surface area contributed by atoms with Gasteiger partial charge in [0.1, 0.15) is 0 Å². The summed E-state index contributed by atoms with van der Waals surface area (Å²) < 4.78 is 4.16. The van der Waals surface area contributed by atoms with E-state index in [1.807, 2.05) is 0 Å². The highest BCUT2D eigenvalue weighted by atomic mass is 16.6. The van der Waals surface area contributed by atoms with Crippen LogP contribution in [0.5, 0.6) is 0 Å². The zero-order chi connectivity index (χ0) is 10.6. The van der Waals surface area contributed by atoms with Crippen molar-refractivity contribution in [2.75, 3.05) is 12.2 Å². The second-order valence-electron chi connectivity index (χ2n) is 2.44. The van der Waals surface area contributed by atoms with Gasteiger partial charge in [-0.15, -0.1) is 0 Å². The average Bonchev–Trinajstić information content (AvgIpc) is 2.27. The maximum atomic E-state index is 11.1. The van der Waals surface area contributed by atoms with Gasteiger partial charge in [0.15, 0.2) is 0 Å². The molecule has 1 aromatic rings. The highest BCUT2D eigenvalue weighted by Gasteiger charge is 2.22. The third-order valence-corrected chi connectivity index (χ3v) is 1.55. The van der Waals surface area contributed by atoms with E-state index >= 15 is 0 Å². The molecule has 0 atom stereocenters. The van der Waals surface area contributed by atoms with Gasteiger partial charge in [0.25, 0.3) is 0 Å². The van der Waals surface area contributed by atoms with E-state index in [1.165, 1.54) is 12.1 Å². The number of hydroxylamine groups is 1. The molecule has 0 radical (unpaired) electrons. The summed E-state index contributed by atoms with van der Waals surface area (Å²) in [7, 11) is 1.07. The number of para-hydroxylation sites is 1. The molecule has 0 aliphatic rings. The second-order valence-corrected chi connectivity index (χ2v) is 2.44. The highest BCUT2D eigenvalue weighted by Crippen LogP contribution is 2.10. The van der Waals surface area contributed by atoms with Gasteiger partial charge in [0.2, 0.25) is 0 Å². The molecule has 0 saturated carbocycles. The third-order valence-electron chi connectivity index (χ3n) is 1.55. The van der Waals surface area contributed by atoms with Crippen molar-refractivity contribution in [3.05, 3.63) is 30.3 Å². The second kappa shape index (κ2) is 4.38. The molecule has 0 bridgehead atoms. The SMILES string of the molecule is COC(=O)C(=O)N(O)c1ccccc1. The smallest absolute Gasteiger partial charge is 0.399 e. The molecule has 0 heterocycles. The van der Waals surface area contributed by atoms with Crippen molar-refractivity contribution in [2.24, 2.45) is 0 Å². The number of carbonyl (C=O) groups excluding carboxylic acids is 2. The van der Waals surface area contributed by atoms with Crippen LogP contribution in [0.25, 0.3) is 0 Å². The van der Waals surface area contributed by atoms with Crippen molar-refractivity contribution in [3.8, 4) is 0 Å². The number of methoxy groups -OCH3 is 1. The van der Waals surface area contributed by atoms with E-state index in [2.05, 4.69) is 4.74 Å². The van der Waals surface area contributed by atoms with Crippen LogP contribution in [0.2, 0.25) is 0 Å². The van der Waals surface area contributed by atoms with E-state index in [9.17, 15) is 14.8 Å². The van der Waals surface area contributed by atoms with Crippen molar-refractivity contribution in [1.29, 1.82) is 0 Å². The predicted octanol–water partition coefficient (Wildman–Crippen LogP) is 0.582. The van der Waals surface area contributed by atoms with Crippen molar-refractivity contribution in [3.63, 3.8) is 0 Å². The largest absolute Gasteiger partial charge is 0.462 e. The molecule has 5 nitrogen and oxygen atoms in total. The lowest BCUT2D eigenvalue weighted by atomic mass is 10.3. The van der Waals surface area contributed by atoms with Gasteiger partial charge in [0, 0.05) is 0 Å². The molecule has 0 unspecified atom stereocenters. The minimum Gasteiger partial charge on any atom is -0.462 e. The average molecular weight is 195 g/mol. The van der Waals surface area contributed by atoms with Crippen molar-refractivity contribution in [2.45, 2.75) is 0 Å². The predicted molar refractivity (Wildman–Crippen MR) is 47.7 cm³/mol. The number of rotatable bonds is 1. The van der Waals surface area contributed by atoms with Gasteiger partial charge in [-0.3, -0.25) is 10.0 Å². The molecule has 1 N–H and O–H groups in total. The molecular weight excluding hydrogens is 186 g/mol. The fourth-order valence-electron chi connectivity index (χ4n) is 0.860. The monoisotopic (exact) mass is 195 g/mol. The molecule has 5 heteroatoms. The van der Waals surface area contributed by atoms with E-state index in [1.54, 1.807) is 18.2 Å². The summed E-state index contributed by atoms with van der Waals surface area (Å²) in [6, 6.07) is 7.95. The maximum Gasteiger partial charge on any atom is 0.399 e. The van der Waals surface area contributed by atoms with Crippen molar-refractivity contribution < 1.29 is 19.5 Å². The summed E-state index contributed by atoms with van der Waals surface area (Å²) in [5, 5.41) is 9.52. The molecule has 74 valence electrons. The molecule has 1 aromatic carbocycles. The summed E-state index contributed by atoms with van der Waals surface area (Å²) in [5.74, 6) is -2.24. The first-order chi connectivity index (χ1) is 6.66. The quantitative estimate of drug-likeness (QED) is 0.308. The lowest BCUT2D eigenvalue weighted by Gasteiger charge is -2.12. The van der Waals surface area contributed by atoms with E-state index in [0.717, 1.165) is 7.11 Å². The molecule has 1 amide bonds. The van der Waals surface area contributed by atoms with Crippen LogP contribution in [0.4, 0.5) is 5.69 Å². The van der Waals surface area contributed by atoms with Crippen LogP contribution in [0.15, 0.2) is 30.3 Å². The Morgan fingerprint density at radius 3 is 2.36 bits per heavy atom. The number of hydrogen-bond donors (Lipinski definition) is 1. The van der Waals surface area contributed by atoms with Gasteiger partial charge in [-0.25, -0.2) is 4.79 Å². The first-order valence-electron chi connectivity index (χ1n) is 3.83. The van der Waals surface area contributed by atoms with Gasteiger partial charge >= 0.3 is 11.9 Å². The highest BCUT2D eigenvalue weighted by molar-refractivity contribution is 6.37. The fourth-order valence-corrected chi connectivity index (χ4v) is 0.860. The van der Waals surface area contributed by atoms with Crippen molar-refractivity contribution in [1.82, 2.24) is 0 Å². The van der Waals surface area contributed by atoms with Crippen LogP contribution in [0.3, 0.4) is 0 Å². The number of ether oxygens (including phenoxy) is 1. The zero-order valence-corrected chi connectivity index (χ0v) is 7.51. The van der Waals surface area contributed by atoms with Crippen LogP contribution in [0.1, 0.15) is 0 Å². The molecule has 0 aliphatic heterocycles. The normalized spacial score (nSPS) is 9.29. The molecule has 14 heavy (non-hydrogen) atoms. The number of hydrogen-bond acceptors (Lipinski definition) is 4. The summed E-state index contributed by atoms with van der Waals surface area (Å²) in [4.78, 5) is 21.8. The Labute approximate surface area is 80.5 Å². The van der Waals surface area contributed by atoms with Gasteiger partial charge in [0.05, 0.1) is 12.8 Å². The van der Waals surface area contributed by atoms with Crippen LogP contribution >= 0.6 is 0 Å². The fraction of sp³-hybridized carbons (Fsp3) is 0.111. The van der Waals surface area contributed by atoms with Crippen LogP contribution < -0.4 is 5.06 Å². The van der Waals surface area contributed by atoms with Gasteiger partial charge in [-0.2, -0.15) is 5.06 Å². The zero-order valence-electron chi connectivity index (χ0n) is 7.51. The van der Waals surface area contributed by atoms with Crippen molar-refractivity contribution >= 4 is 17.6 Å². The number of anilines is 1. The summed E-state index contributed by atoms with van der Waals surface area (Å²) in [6.07, 6.45) is 0. The lowest BCUT2D eigenvalue weighted by molar-refractivity contribution is -0.153. The Bertz CT molecular complexity index is 336. The van der Waals surface area contributed by atoms with Gasteiger partial charge in [-0.1, -0.05) is 18.2 Å². The molecular formula is C9H9NO4. The van der Waals surface area contributed by atoms with Gasteiger partial charge < -0.3 is 4.74 Å². The van der Waals surface area contributed by atoms with E-state index in [0.29, 0.717) is 0 Å². The topological polar surface area (TPSA) is 66.8 Å². The lowest BCUT2D eigenvalue weighted by Crippen LogP contribution is -2.34. The number of nitrogens with zero attached hydrogens (tertiary/aromatic N) is 1. The Hall–Kier alpha value is -1.88. The summed E-state index contributed by atoms with van der Waals surface area (Å²) in [6.45, 7) is 0. The Morgan fingerprint density at radius 2 is 1.86 bits per heavy atom. The van der Waals surface area contributed by atoms with Crippen LogP contribution in [0, 0.1) is 0 Å². The molecule has 0 aliphatic carbocycles. The standard InChI is InChI=1S/C9H9NO4/c1-14-9(12)8(11)10(13)7-5-3-2-4-6-7/h2-6,13H,1H3. The Kier molecular flexibility index (Phi) is 3.19. The molecule has 0 aromatic heterocycles. The molecule has 0 saturated heterocycles.